The van der Waals surface area contributed by atoms with E-state index in [1.165, 1.54) is 4.90 Å². The number of nitrogens with zero attached hydrogens (tertiary/aromatic N) is 3. The summed E-state index contributed by atoms with van der Waals surface area (Å²) in [6.07, 6.45) is -1.00. The number of nitrogens with one attached hydrogen (secondary N) is 4. The number of carbonyl (C=O) groups is 6. The zero-order valence-electron chi connectivity index (χ0n) is 51.1. The van der Waals surface area contributed by atoms with E-state index in [4.69, 9.17) is 47.7 Å². The quantitative estimate of drug-likeness (QED) is 0.0727. The van der Waals surface area contributed by atoms with Gasteiger partial charge in [-0.3, -0.25) is 8.98 Å². The van der Waals surface area contributed by atoms with E-state index in [1.54, 1.807) is 25.7 Å². The molecule has 26 nitrogen and oxygen atoms in total. The Bertz CT molecular complexity index is 2350. The highest BCUT2D eigenvalue weighted by molar-refractivity contribution is 7.85. The molecule has 27 heteroatoms. The lowest BCUT2D eigenvalue weighted by atomic mass is 10.2. The molecule has 0 spiro atoms. The number of ether oxygens (including phenoxy) is 9. The lowest BCUT2D eigenvalue weighted by molar-refractivity contribution is -0.155. The summed E-state index contributed by atoms with van der Waals surface area (Å²) in [6, 6.07) is 19.1. The van der Waals surface area contributed by atoms with Gasteiger partial charge in [0.15, 0.2) is 0 Å². The molecule has 0 aromatic heterocycles. The number of β-amino-alcohol motifs (C(OH)–C–C–N with tert-alkyl or cyclic N) is 1. The first-order chi connectivity index (χ1) is 39.3. The molecule has 5 aliphatic heterocycles. The van der Waals surface area contributed by atoms with Crippen LogP contribution in [0.1, 0.15) is 107 Å². The second kappa shape index (κ2) is 35.4. The Morgan fingerprint density at radius 1 is 0.560 bits per heavy atom. The van der Waals surface area contributed by atoms with Gasteiger partial charge < -0.3 is 78.8 Å². The summed E-state index contributed by atoms with van der Waals surface area (Å²) < 4.78 is 74.2. The van der Waals surface area contributed by atoms with Gasteiger partial charge in [-0.15, -0.1) is 0 Å². The Morgan fingerprint density at radius 2 is 0.964 bits per heavy atom. The van der Waals surface area contributed by atoms with Crippen LogP contribution in [0.25, 0.3) is 0 Å². The van der Waals surface area contributed by atoms with Crippen molar-refractivity contribution in [3.63, 3.8) is 0 Å². The zero-order valence-corrected chi connectivity index (χ0v) is 51.9. The fraction of sp³-hybridized carbons (Fsp3) is 0.684. The molecule has 0 radical (unpaired) electrons. The van der Waals surface area contributed by atoms with Gasteiger partial charge in [0, 0.05) is 52.3 Å². The summed E-state index contributed by atoms with van der Waals surface area (Å²) in [5.41, 5.74) is -0.128. The second-order valence-electron chi connectivity index (χ2n) is 23.7. The number of rotatable bonds is 17. The maximum absolute atomic E-state index is 11.9. The Hall–Kier alpha value is -6.07. The average molecular weight is 1210 g/mol. The lowest BCUT2D eigenvalue weighted by Gasteiger charge is -2.37. The van der Waals surface area contributed by atoms with Crippen LogP contribution in [-0.2, 0) is 75.1 Å². The predicted octanol–water partition coefficient (Wildman–Crippen LogP) is 5.64. The molecule has 2 aromatic rings. The number of alkyl carbamates (subject to hydrolysis) is 2. The minimum atomic E-state index is -3.90. The number of aliphatic hydroxyl groups is 1. The molecule has 5 saturated heterocycles. The van der Waals surface area contributed by atoms with Crippen molar-refractivity contribution in [2.75, 3.05) is 98.4 Å². The number of carbonyl (C=O) groups excluding carboxylic acids is 6. The molecular formula is C57H93N7O19S. The fourth-order valence-corrected chi connectivity index (χ4v) is 7.75. The third kappa shape index (κ3) is 32.8. The first-order valence-electron chi connectivity index (χ1n) is 28.2. The van der Waals surface area contributed by atoms with E-state index in [9.17, 15) is 37.2 Å². The summed E-state index contributed by atoms with van der Waals surface area (Å²) in [4.78, 5) is 71.5. The highest BCUT2D eigenvalue weighted by atomic mass is 32.2. The predicted molar refractivity (Wildman–Crippen MR) is 309 cm³/mol. The molecule has 5 aliphatic rings. The standard InChI is InChI=1S/C18H26N2O5.C11H13NO3.C11H21NO3.C10H20N2O3.C7H13NO5S/c1-18(2,3)25-16(21)19-9-10-23-15-11-20(12-15)17(22)24-13-14-7-5-4-6-8-14;13-10-6-12(7-10)11(14)15-8-9-4-2-1-3-5-9;1-11(2,3)15-10(13)5-4-6-14-9-7-12-8-9;1-10(2,3)15-9(13)12-4-5-14-8-6-11-7-8;1-7(2,3)13-6(9)8-4-5-12-14(8,10)11/h4-8,15H,9-13H2,1-3H3,(H,19,21);1-5,10,13H,6-8H2;9,12H,4-8H2,1-3H3;8,11H,4-7H2,1-3H3,(H,12,13);4-5H2,1-3H3. The SMILES string of the molecule is CC(C)(C)OC(=O)CCCOC1CNC1.CC(C)(C)OC(=O)N1CCOS1(=O)=O.CC(C)(C)OC(=O)NCCOC1CN(C(=O)OCc2ccccc2)C1.CC(C)(C)OC(=O)NCCOC1CNC1.O=C(OCc1ccccc1)N1CC(O)C1. The van der Waals surface area contributed by atoms with Gasteiger partial charge in [-0.2, -0.15) is 12.7 Å². The lowest BCUT2D eigenvalue weighted by Crippen LogP contribution is -2.55. The van der Waals surface area contributed by atoms with E-state index in [0.29, 0.717) is 82.0 Å². The number of benzene rings is 2. The number of likely N-dealkylation sites (tertiary alicyclic amines) is 2. The van der Waals surface area contributed by atoms with E-state index in [1.807, 2.05) is 123 Å². The van der Waals surface area contributed by atoms with E-state index in [-0.39, 0.29) is 62.3 Å². The van der Waals surface area contributed by atoms with Crippen LogP contribution in [-0.4, -0.2) is 209 Å². The third-order valence-corrected chi connectivity index (χ3v) is 12.4. The minimum absolute atomic E-state index is 0.0112. The van der Waals surface area contributed by atoms with Crippen LogP contribution in [0.2, 0.25) is 0 Å². The topological polar surface area (TPSA) is 307 Å². The smallest absolute Gasteiger partial charge is 0.425 e. The first kappa shape index (κ1) is 72.2. The molecule has 0 atom stereocenters. The first-order valence-corrected chi connectivity index (χ1v) is 29.5. The van der Waals surface area contributed by atoms with E-state index < -0.39 is 45.4 Å². The van der Waals surface area contributed by atoms with E-state index >= 15 is 0 Å². The third-order valence-electron chi connectivity index (χ3n) is 11.1. The van der Waals surface area contributed by atoms with Crippen LogP contribution in [0.4, 0.5) is 24.0 Å². The Kier molecular flexibility index (Phi) is 30.4. The van der Waals surface area contributed by atoms with Gasteiger partial charge >= 0.3 is 46.7 Å². The van der Waals surface area contributed by atoms with Crippen molar-refractivity contribution in [3.05, 3.63) is 71.8 Å². The highest BCUT2D eigenvalue weighted by Crippen LogP contribution is 2.18. The van der Waals surface area contributed by atoms with Crippen LogP contribution < -0.4 is 21.3 Å². The number of amides is 5. The molecule has 5 N–H and O–H groups in total. The summed E-state index contributed by atoms with van der Waals surface area (Å²) >= 11 is 0. The summed E-state index contributed by atoms with van der Waals surface area (Å²) in [5, 5.41) is 20.5. The van der Waals surface area contributed by atoms with E-state index in [2.05, 4.69) is 25.5 Å². The largest absolute Gasteiger partial charge is 0.460 e. The highest BCUT2D eigenvalue weighted by Gasteiger charge is 2.37. The summed E-state index contributed by atoms with van der Waals surface area (Å²) in [6.45, 7) is 30.0. The van der Waals surface area contributed by atoms with Gasteiger partial charge in [0.05, 0.1) is 77.0 Å². The Balaban J connectivity index is 0.000000281. The van der Waals surface area contributed by atoms with Gasteiger partial charge in [0.2, 0.25) is 0 Å². The monoisotopic (exact) mass is 1210 g/mol. The number of hydrogen-bond donors (Lipinski definition) is 5. The van der Waals surface area contributed by atoms with Crippen LogP contribution in [0, 0.1) is 0 Å². The van der Waals surface area contributed by atoms with Crippen molar-refractivity contribution in [2.45, 2.75) is 156 Å². The molecule has 2 aromatic carbocycles. The molecule has 0 unspecified atom stereocenters. The van der Waals surface area contributed by atoms with E-state index in [0.717, 1.165) is 43.7 Å². The van der Waals surface area contributed by atoms with Crippen molar-refractivity contribution in [1.29, 1.82) is 0 Å². The molecule has 5 fully saturated rings. The maximum atomic E-state index is 11.9. The number of aliphatic hydroxyl groups excluding tert-OH is 1. The van der Waals surface area contributed by atoms with Gasteiger partial charge in [0.25, 0.3) is 0 Å². The molecule has 476 valence electrons. The molecule has 0 saturated carbocycles. The van der Waals surface area contributed by atoms with Crippen molar-refractivity contribution < 1.29 is 89.1 Å². The Morgan fingerprint density at radius 3 is 1.33 bits per heavy atom. The Labute approximate surface area is 495 Å². The molecule has 0 bridgehead atoms. The van der Waals surface area contributed by atoms with Crippen LogP contribution in [0.5, 0.6) is 0 Å². The minimum Gasteiger partial charge on any atom is -0.460 e. The van der Waals surface area contributed by atoms with Crippen molar-refractivity contribution in [2.24, 2.45) is 0 Å². The molecule has 5 amide bonds. The van der Waals surface area contributed by atoms with Crippen molar-refractivity contribution in [3.8, 4) is 0 Å². The molecule has 84 heavy (non-hydrogen) atoms. The zero-order chi connectivity index (χ0) is 62.6. The number of hydrogen-bond acceptors (Lipinski definition) is 21. The average Bonchev–Trinajstić information content (AvgIpc) is 3.91. The van der Waals surface area contributed by atoms with Gasteiger partial charge in [-0.05, 0) is 101 Å². The maximum Gasteiger partial charge on any atom is 0.425 e. The molecule has 0 aliphatic carbocycles. The normalized spacial score (nSPS) is 16.8. The van der Waals surface area contributed by atoms with Crippen molar-refractivity contribution in [1.82, 2.24) is 35.4 Å². The number of esters is 1. The molecule has 5 heterocycles. The van der Waals surface area contributed by atoms with Crippen LogP contribution in [0.15, 0.2) is 60.7 Å². The summed E-state index contributed by atoms with van der Waals surface area (Å²) in [7, 11) is -3.90. The fourth-order valence-electron chi connectivity index (χ4n) is 6.82. The van der Waals surface area contributed by atoms with Crippen LogP contribution in [0.3, 0.4) is 0 Å². The van der Waals surface area contributed by atoms with Gasteiger partial charge in [0.1, 0.15) is 35.6 Å². The molecule has 7 rings (SSSR count). The van der Waals surface area contributed by atoms with Crippen molar-refractivity contribution >= 4 is 46.7 Å². The van der Waals surface area contributed by atoms with Crippen LogP contribution >= 0.6 is 0 Å². The summed E-state index contributed by atoms with van der Waals surface area (Å²) in [5.74, 6) is -0.141. The van der Waals surface area contributed by atoms with Gasteiger partial charge in [-0.25, -0.2) is 24.0 Å². The molecular weight excluding hydrogens is 1120 g/mol. The van der Waals surface area contributed by atoms with Gasteiger partial charge in [-0.1, -0.05) is 60.7 Å². The second-order valence-corrected chi connectivity index (χ2v) is 25.3.